The summed E-state index contributed by atoms with van der Waals surface area (Å²) in [7, 11) is 1.80. The van der Waals surface area contributed by atoms with Crippen molar-refractivity contribution in [1.82, 2.24) is 4.90 Å². The minimum absolute atomic E-state index is 0.0927. The van der Waals surface area contributed by atoms with Gasteiger partial charge < -0.3 is 19.1 Å². The number of likely N-dealkylation sites (N-methyl/N-ethyl adjacent to an activating group) is 1. The predicted octanol–water partition coefficient (Wildman–Crippen LogP) is 2.58. The molecule has 5 heteroatoms. The SMILES string of the molecule is C[C@@H]1C[C@@]2(CCO1)C[C@@H](N(C)C(=O)OC(C)(C)C)CO2. The molecule has 0 unspecified atom stereocenters. The summed E-state index contributed by atoms with van der Waals surface area (Å²) in [6.45, 7) is 9.05. The van der Waals surface area contributed by atoms with E-state index in [1.165, 1.54) is 0 Å². The first-order valence-corrected chi connectivity index (χ1v) is 7.42. The molecular formula is C15H27NO4. The van der Waals surface area contributed by atoms with Crippen molar-refractivity contribution < 1.29 is 19.0 Å². The highest BCUT2D eigenvalue weighted by Crippen LogP contribution is 2.38. The zero-order valence-electron chi connectivity index (χ0n) is 13.3. The van der Waals surface area contributed by atoms with E-state index in [0.29, 0.717) is 6.61 Å². The maximum Gasteiger partial charge on any atom is 0.410 e. The van der Waals surface area contributed by atoms with Crippen molar-refractivity contribution >= 4 is 6.09 Å². The fraction of sp³-hybridized carbons (Fsp3) is 0.933. The highest BCUT2D eigenvalue weighted by Gasteiger charge is 2.45. The molecule has 116 valence electrons. The number of carbonyl (C=O) groups excluding carboxylic acids is 1. The van der Waals surface area contributed by atoms with Crippen molar-refractivity contribution in [2.75, 3.05) is 20.3 Å². The molecule has 2 heterocycles. The van der Waals surface area contributed by atoms with E-state index in [0.717, 1.165) is 25.9 Å². The standard InChI is InChI=1S/C15H27NO4/c1-11-8-15(6-7-18-11)9-12(10-19-15)16(5)13(17)20-14(2,3)4/h11-12H,6-10H2,1-5H3/t11-,12-,15+/m1/s1. The van der Waals surface area contributed by atoms with Gasteiger partial charge in [-0.2, -0.15) is 0 Å². The van der Waals surface area contributed by atoms with Crippen LogP contribution in [0.2, 0.25) is 0 Å². The first-order valence-electron chi connectivity index (χ1n) is 7.42. The fourth-order valence-electron chi connectivity index (χ4n) is 3.00. The molecule has 20 heavy (non-hydrogen) atoms. The van der Waals surface area contributed by atoms with E-state index < -0.39 is 5.60 Å². The van der Waals surface area contributed by atoms with E-state index in [2.05, 4.69) is 6.92 Å². The molecule has 1 spiro atoms. The minimum Gasteiger partial charge on any atom is -0.444 e. The highest BCUT2D eigenvalue weighted by atomic mass is 16.6. The Balaban J connectivity index is 1.93. The molecule has 2 aliphatic rings. The summed E-state index contributed by atoms with van der Waals surface area (Å²) in [6.07, 6.45) is 2.65. The van der Waals surface area contributed by atoms with E-state index >= 15 is 0 Å². The number of nitrogens with zero attached hydrogens (tertiary/aromatic N) is 1. The predicted molar refractivity (Wildman–Crippen MR) is 75.7 cm³/mol. The van der Waals surface area contributed by atoms with Crippen LogP contribution in [0, 0.1) is 0 Å². The van der Waals surface area contributed by atoms with Gasteiger partial charge in [-0.15, -0.1) is 0 Å². The van der Waals surface area contributed by atoms with E-state index in [9.17, 15) is 4.79 Å². The van der Waals surface area contributed by atoms with Crippen molar-refractivity contribution in [3.63, 3.8) is 0 Å². The minimum atomic E-state index is -0.463. The van der Waals surface area contributed by atoms with Gasteiger partial charge in [0.25, 0.3) is 0 Å². The Morgan fingerprint density at radius 3 is 2.65 bits per heavy atom. The largest absolute Gasteiger partial charge is 0.444 e. The second-order valence-electron chi connectivity index (χ2n) is 7.08. The van der Waals surface area contributed by atoms with Gasteiger partial charge in [-0.3, -0.25) is 0 Å². The maximum atomic E-state index is 12.1. The Hall–Kier alpha value is -0.810. The molecule has 3 atom stereocenters. The number of hydrogen-bond donors (Lipinski definition) is 0. The molecule has 0 aliphatic carbocycles. The average Bonchev–Trinajstić information content (AvgIpc) is 2.69. The second-order valence-corrected chi connectivity index (χ2v) is 7.08. The van der Waals surface area contributed by atoms with Gasteiger partial charge in [-0.1, -0.05) is 0 Å². The molecule has 0 N–H and O–H groups in total. The molecular weight excluding hydrogens is 258 g/mol. The molecule has 0 saturated carbocycles. The monoisotopic (exact) mass is 285 g/mol. The van der Waals surface area contributed by atoms with Crippen molar-refractivity contribution in [2.24, 2.45) is 0 Å². The Morgan fingerprint density at radius 2 is 2.05 bits per heavy atom. The summed E-state index contributed by atoms with van der Waals surface area (Å²) >= 11 is 0. The van der Waals surface area contributed by atoms with Gasteiger partial charge in [0.15, 0.2) is 0 Å². The fourth-order valence-corrected chi connectivity index (χ4v) is 3.00. The van der Waals surface area contributed by atoms with Crippen LogP contribution in [0.15, 0.2) is 0 Å². The van der Waals surface area contributed by atoms with Gasteiger partial charge in [-0.05, 0) is 40.5 Å². The lowest BCUT2D eigenvalue weighted by molar-refractivity contribution is -0.107. The first-order chi connectivity index (χ1) is 9.21. The molecule has 0 radical (unpaired) electrons. The Labute approximate surface area is 121 Å². The van der Waals surface area contributed by atoms with Crippen LogP contribution < -0.4 is 0 Å². The molecule has 2 fully saturated rings. The number of hydrogen-bond acceptors (Lipinski definition) is 4. The normalized spacial score (nSPS) is 34.2. The summed E-state index contributed by atoms with van der Waals surface area (Å²) in [6, 6.07) is 0.0927. The van der Waals surface area contributed by atoms with Gasteiger partial charge in [0.2, 0.25) is 0 Å². The number of amides is 1. The van der Waals surface area contributed by atoms with Crippen LogP contribution >= 0.6 is 0 Å². The lowest BCUT2D eigenvalue weighted by Gasteiger charge is -2.36. The third-order valence-corrected chi connectivity index (χ3v) is 4.04. The van der Waals surface area contributed by atoms with E-state index in [1.54, 1.807) is 11.9 Å². The lowest BCUT2D eigenvalue weighted by atomic mass is 9.87. The van der Waals surface area contributed by atoms with Crippen LogP contribution in [-0.4, -0.2) is 54.6 Å². The molecule has 2 aliphatic heterocycles. The molecule has 2 saturated heterocycles. The molecule has 1 amide bonds. The molecule has 0 aromatic carbocycles. The van der Waals surface area contributed by atoms with Gasteiger partial charge in [0.05, 0.1) is 24.4 Å². The number of ether oxygens (including phenoxy) is 3. The molecule has 0 aromatic heterocycles. The Morgan fingerprint density at radius 1 is 1.35 bits per heavy atom. The summed E-state index contributed by atoms with van der Waals surface area (Å²) < 4.78 is 17.0. The summed E-state index contributed by atoms with van der Waals surface area (Å²) in [4.78, 5) is 13.8. The molecule has 0 bridgehead atoms. The van der Waals surface area contributed by atoms with E-state index in [1.807, 2.05) is 20.8 Å². The quantitative estimate of drug-likeness (QED) is 0.743. The Kier molecular flexibility index (Phi) is 4.30. The van der Waals surface area contributed by atoms with E-state index in [-0.39, 0.29) is 23.8 Å². The highest BCUT2D eigenvalue weighted by molar-refractivity contribution is 5.68. The van der Waals surface area contributed by atoms with Gasteiger partial charge in [0.1, 0.15) is 5.60 Å². The summed E-state index contributed by atoms with van der Waals surface area (Å²) in [5, 5.41) is 0. The maximum absolute atomic E-state index is 12.1. The van der Waals surface area contributed by atoms with Crippen molar-refractivity contribution in [2.45, 2.75) is 70.3 Å². The van der Waals surface area contributed by atoms with Gasteiger partial charge in [-0.25, -0.2) is 4.79 Å². The van der Waals surface area contributed by atoms with Crippen LogP contribution in [0.25, 0.3) is 0 Å². The molecule has 2 rings (SSSR count). The smallest absolute Gasteiger partial charge is 0.410 e. The van der Waals surface area contributed by atoms with Crippen molar-refractivity contribution in [1.29, 1.82) is 0 Å². The van der Waals surface area contributed by atoms with Crippen LogP contribution in [0.1, 0.15) is 47.0 Å². The summed E-state index contributed by atoms with van der Waals surface area (Å²) in [5.41, 5.74) is -0.575. The zero-order valence-corrected chi connectivity index (χ0v) is 13.3. The average molecular weight is 285 g/mol. The lowest BCUT2D eigenvalue weighted by Crippen LogP contribution is -2.43. The second kappa shape index (κ2) is 5.53. The number of rotatable bonds is 1. The summed E-state index contributed by atoms with van der Waals surface area (Å²) in [5.74, 6) is 0. The Bertz CT molecular complexity index is 365. The zero-order chi connectivity index (χ0) is 15.0. The third kappa shape index (κ3) is 3.64. The third-order valence-electron chi connectivity index (χ3n) is 4.04. The van der Waals surface area contributed by atoms with Gasteiger partial charge in [0, 0.05) is 20.1 Å². The number of carbonyl (C=O) groups is 1. The van der Waals surface area contributed by atoms with Crippen LogP contribution in [-0.2, 0) is 14.2 Å². The first kappa shape index (κ1) is 15.6. The van der Waals surface area contributed by atoms with Crippen molar-refractivity contribution in [3.8, 4) is 0 Å². The van der Waals surface area contributed by atoms with Gasteiger partial charge >= 0.3 is 6.09 Å². The topological polar surface area (TPSA) is 48.0 Å². The molecule has 0 aromatic rings. The van der Waals surface area contributed by atoms with Crippen LogP contribution in [0.4, 0.5) is 4.79 Å². The van der Waals surface area contributed by atoms with Crippen LogP contribution in [0.5, 0.6) is 0 Å². The van der Waals surface area contributed by atoms with E-state index in [4.69, 9.17) is 14.2 Å². The van der Waals surface area contributed by atoms with Crippen molar-refractivity contribution in [3.05, 3.63) is 0 Å². The van der Waals surface area contributed by atoms with Crippen LogP contribution in [0.3, 0.4) is 0 Å². The molecule has 5 nitrogen and oxygen atoms in total.